The molecule has 0 aromatic heterocycles. The van der Waals surface area contributed by atoms with Gasteiger partial charge in [-0.05, 0) is 68.0 Å². The maximum atomic E-state index is 5.86. The van der Waals surface area contributed by atoms with Crippen LogP contribution < -0.4 is 5.32 Å². The first-order chi connectivity index (χ1) is 10.3. The zero-order valence-electron chi connectivity index (χ0n) is 13.5. The van der Waals surface area contributed by atoms with Gasteiger partial charge in [-0.3, -0.25) is 0 Å². The van der Waals surface area contributed by atoms with Gasteiger partial charge in [0.1, 0.15) is 0 Å². The standard InChI is InChI=1S/C19H29NO/c1-3-20-18(19(21-2)15-11-12-15)13-16-9-6-8-14-7-4-5-10-17(14)16/h4-5,7,10,15-16,18-20H,3,6,8-9,11-13H2,1-2H3. The average molecular weight is 287 g/mol. The predicted molar refractivity (Wildman–Crippen MR) is 87.7 cm³/mol. The van der Waals surface area contributed by atoms with E-state index >= 15 is 0 Å². The predicted octanol–water partition coefficient (Wildman–Crippen LogP) is 3.90. The Morgan fingerprint density at radius 3 is 2.76 bits per heavy atom. The quantitative estimate of drug-likeness (QED) is 0.821. The maximum absolute atomic E-state index is 5.86. The van der Waals surface area contributed by atoms with Gasteiger partial charge in [0.15, 0.2) is 0 Å². The second-order valence-corrected chi connectivity index (χ2v) is 6.73. The molecule has 0 amide bonds. The molecule has 1 fully saturated rings. The van der Waals surface area contributed by atoms with E-state index in [2.05, 4.69) is 36.5 Å². The van der Waals surface area contributed by atoms with Crippen molar-refractivity contribution in [1.29, 1.82) is 0 Å². The fraction of sp³-hybridized carbons (Fsp3) is 0.684. The van der Waals surface area contributed by atoms with Crippen LogP contribution in [0, 0.1) is 5.92 Å². The molecule has 1 N–H and O–H groups in total. The van der Waals surface area contributed by atoms with E-state index in [1.807, 2.05) is 7.11 Å². The highest BCUT2D eigenvalue weighted by atomic mass is 16.5. The molecule has 0 heterocycles. The van der Waals surface area contributed by atoms with Gasteiger partial charge in [0.25, 0.3) is 0 Å². The van der Waals surface area contributed by atoms with Crippen LogP contribution in [0.2, 0.25) is 0 Å². The molecule has 116 valence electrons. The number of rotatable bonds is 7. The number of methoxy groups -OCH3 is 1. The van der Waals surface area contributed by atoms with Crippen molar-refractivity contribution in [3.63, 3.8) is 0 Å². The Balaban J connectivity index is 1.73. The number of likely N-dealkylation sites (N-methyl/N-ethyl adjacent to an activating group) is 1. The van der Waals surface area contributed by atoms with Crippen molar-refractivity contribution in [2.75, 3.05) is 13.7 Å². The van der Waals surface area contributed by atoms with Gasteiger partial charge in [0.2, 0.25) is 0 Å². The van der Waals surface area contributed by atoms with Gasteiger partial charge in [-0.1, -0.05) is 31.2 Å². The zero-order valence-corrected chi connectivity index (χ0v) is 13.5. The minimum atomic E-state index is 0.402. The number of aryl methyl sites for hydroxylation is 1. The van der Waals surface area contributed by atoms with Crippen LogP contribution in [0.4, 0.5) is 0 Å². The van der Waals surface area contributed by atoms with Crippen molar-refractivity contribution in [3.05, 3.63) is 35.4 Å². The van der Waals surface area contributed by atoms with Crippen LogP contribution in [0.5, 0.6) is 0 Å². The van der Waals surface area contributed by atoms with Crippen LogP contribution in [0.1, 0.15) is 56.1 Å². The Hall–Kier alpha value is -0.860. The fourth-order valence-electron chi connectivity index (χ4n) is 4.11. The smallest absolute Gasteiger partial charge is 0.0752 e. The molecule has 1 aromatic carbocycles. The summed E-state index contributed by atoms with van der Waals surface area (Å²) in [6.45, 7) is 3.24. The first-order valence-electron chi connectivity index (χ1n) is 8.67. The largest absolute Gasteiger partial charge is 0.380 e. The molecule has 0 aliphatic heterocycles. The van der Waals surface area contributed by atoms with Crippen LogP contribution in [0.25, 0.3) is 0 Å². The average Bonchev–Trinajstić information content (AvgIpc) is 3.33. The monoisotopic (exact) mass is 287 g/mol. The van der Waals surface area contributed by atoms with Crippen LogP contribution in [0.15, 0.2) is 24.3 Å². The number of hydrogen-bond donors (Lipinski definition) is 1. The second kappa shape index (κ2) is 6.93. The van der Waals surface area contributed by atoms with Gasteiger partial charge in [0, 0.05) is 13.2 Å². The summed E-state index contributed by atoms with van der Waals surface area (Å²) >= 11 is 0. The van der Waals surface area contributed by atoms with E-state index in [-0.39, 0.29) is 0 Å². The van der Waals surface area contributed by atoms with Crippen LogP contribution in [-0.4, -0.2) is 25.8 Å². The molecule has 2 heteroatoms. The lowest BCUT2D eigenvalue weighted by atomic mass is 9.78. The Morgan fingerprint density at radius 1 is 1.24 bits per heavy atom. The molecule has 2 aliphatic rings. The van der Waals surface area contributed by atoms with Gasteiger partial charge in [0.05, 0.1) is 6.10 Å². The van der Waals surface area contributed by atoms with E-state index in [4.69, 9.17) is 4.74 Å². The third-order valence-corrected chi connectivity index (χ3v) is 5.25. The Kier molecular flexibility index (Phi) is 4.97. The first-order valence-corrected chi connectivity index (χ1v) is 8.67. The van der Waals surface area contributed by atoms with Gasteiger partial charge in [-0.25, -0.2) is 0 Å². The summed E-state index contributed by atoms with van der Waals surface area (Å²) in [4.78, 5) is 0. The van der Waals surface area contributed by atoms with Crippen LogP contribution >= 0.6 is 0 Å². The van der Waals surface area contributed by atoms with Crippen LogP contribution in [-0.2, 0) is 11.2 Å². The van der Waals surface area contributed by atoms with Gasteiger partial charge >= 0.3 is 0 Å². The highest BCUT2D eigenvalue weighted by Gasteiger charge is 2.37. The highest BCUT2D eigenvalue weighted by molar-refractivity contribution is 5.32. The number of fused-ring (bicyclic) bond motifs is 1. The molecule has 0 spiro atoms. The van der Waals surface area contributed by atoms with Crippen molar-refractivity contribution in [2.45, 2.75) is 63.5 Å². The fourth-order valence-corrected chi connectivity index (χ4v) is 4.11. The number of hydrogen-bond acceptors (Lipinski definition) is 2. The van der Waals surface area contributed by atoms with E-state index in [9.17, 15) is 0 Å². The lowest BCUT2D eigenvalue weighted by Crippen LogP contribution is -2.43. The molecule has 1 saturated carbocycles. The maximum Gasteiger partial charge on any atom is 0.0752 e. The minimum Gasteiger partial charge on any atom is -0.380 e. The Morgan fingerprint density at radius 2 is 2.05 bits per heavy atom. The third-order valence-electron chi connectivity index (χ3n) is 5.25. The normalized spacial score (nSPS) is 24.4. The van der Waals surface area contributed by atoms with E-state index in [0.717, 1.165) is 12.5 Å². The Bertz CT molecular complexity index is 455. The van der Waals surface area contributed by atoms with Crippen molar-refractivity contribution in [3.8, 4) is 0 Å². The molecule has 0 saturated heterocycles. The summed E-state index contributed by atoms with van der Waals surface area (Å²) in [5, 5.41) is 3.71. The van der Waals surface area contributed by atoms with Crippen molar-refractivity contribution < 1.29 is 4.74 Å². The van der Waals surface area contributed by atoms with E-state index in [1.54, 1.807) is 11.1 Å². The first kappa shape index (κ1) is 15.1. The van der Waals surface area contributed by atoms with Gasteiger partial charge < -0.3 is 10.1 Å². The van der Waals surface area contributed by atoms with Crippen molar-refractivity contribution in [2.24, 2.45) is 5.92 Å². The van der Waals surface area contributed by atoms with Gasteiger partial charge in [-0.15, -0.1) is 0 Å². The summed E-state index contributed by atoms with van der Waals surface area (Å²) in [5.74, 6) is 1.49. The molecule has 2 nitrogen and oxygen atoms in total. The highest BCUT2D eigenvalue weighted by Crippen LogP contribution is 2.40. The number of benzene rings is 1. The molecule has 21 heavy (non-hydrogen) atoms. The zero-order chi connectivity index (χ0) is 14.7. The van der Waals surface area contributed by atoms with E-state index in [1.165, 1.54) is 38.5 Å². The molecular weight excluding hydrogens is 258 g/mol. The van der Waals surface area contributed by atoms with Crippen molar-refractivity contribution >= 4 is 0 Å². The number of nitrogens with one attached hydrogen (secondary N) is 1. The van der Waals surface area contributed by atoms with E-state index in [0.29, 0.717) is 18.1 Å². The summed E-state index contributed by atoms with van der Waals surface area (Å²) in [5.41, 5.74) is 3.17. The SMILES string of the molecule is CCNC(CC1CCCc2ccccc21)C(OC)C1CC1. The minimum absolute atomic E-state index is 0.402. The molecule has 3 unspecified atom stereocenters. The summed E-state index contributed by atoms with van der Waals surface area (Å²) in [6.07, 6.45) is 8.25. The lowest BCUT2D eigenvalue weighted by molar-refractivity contribution is 0.0460. The molecule has 0 radical (unpaired) electrons. The molecule has 0 bridgehead atoms. The Labute approximate surface area is 129 Å². The molecule has 1 aromatic rings. The second-order valence-electron chi connectivity index (χ2n) is 6.73. The topological polar surface area (TPSA) is 21.3 Å². The molecule has 2 aliphatic carbocycles. The lowest BCUT2D eigenvalue weighted by Gasteiger charge is -2.33. The number of ether oxygens (including phenoxy) is 1. The van der Waals surface area contributed by atoms with Gasteiger partial charge in [-0.2, -0.15) is 0 Å². The summed E-state index contributed by atoms with van der Waals surface area (Å²) in [7, 11) is 1.89. The summed E-state index contributed by atoms with van der Waals surface area (Å²) in [6, 6.07) is 9.56. The molecule has 3 rings (SSSR count). The van der Waals surface area contributed by atoms with Crippen molar-refractivity contribution in [1.82, 2.24) is 5.32 Å². The molecular formula is C19H29NO. The van der Waals surface area contributed by atoms with Crippen LogP contribution in [0.3, 0.4) is 0 Å². The van der Waals surface area contributed by atoms with E-state index < -0.39 is 0 Å². The molecule has 3 atom stereocenters. The summed E-state index contributed by atoms with van der Waals surface area (Å²) < 4.78 is 5.86. The third kappa shape index (κ3) is 3.49.